The smallest absolute Gasteiger partial charge is 0.339 e. The molecule has 5 nitrogen and oxygen atoms in total. The van der Waals surface area contributed by atoms with E-state index < -0.39 is 12.4 Å². The minimum atomic E-state index is -2.72. The van der Waals surface area contributed by atoms with Crippen LogP contribution in [0.3, 0.4) is 0 Å². The molecule has 0 spiro atoms. The van der Waals surface area contributed by atoms with E-state index in [9.17, 15) is 13.6 Å². The van der Waals surface area contributed by atoms with Gasteiger partial charge in [0.15, 0.2) is 0 Å². The molecule has 7 heteroatoms. The number of ether oxygens (including phenoxy) is 1. The number of rotatable bonds is 3. The molecule has 0 aliphatic rings. The first kappa shape index (κ1) is 13.0. The molecule has 0 amide bonds. The van der Waals surface area contributed by atoms with Gasteiger partial charge in [0.1, 0.15) is 0 Å². The zero-order valence-corrected chi connectivity index (χ0v) is 9.98. The van der Waals surface area contributed by atoms with Crippen LogP contribution >= 0.6 is 0 Å². The molecule has 0 atom stereocenters. The normalized spacial score (nSPS) is 10.7. The Balaban J connectivity index is 2.65. The molecule has 0 saturated carbocycles. The molecule has 0 saturated heterocycles. The highest BCUT2D eigenvalue weighted by atomic mass is 19.3. The number of carbonyl (C=O) groups is 1. The number of H-pyrrole nitrogens is 1. The van der Waals surface area contributed by atoms with E-state index in [-0.39, 0.29) is 22.4 Å². The van der Waals surface area contributed by atoms with Crippen molar-refractivity contribution in [2.24, 2.45) is 0 Å². The number of aromatic nitrogens is 2. The molecule has 0 bridgehead atoms. The van der Waals surface area contributed by atoms with E-state index in [4.69, 9.17) is 5.73 Å². The van der Waals surface area contributed by atoms with Crippen LogP contribution in [0.5, 0.6) is 0 Å². The lowest BCUT2D eigenvalue weighted by molar-refractivity contribution is 0.0601. The Kier molecular flexibility index (Phi) is 3.46. The third-order valence-corrected chi connectivity index (χ3v) is 2.65. The van der Waals surface area contributed by atoms with E-state index in [1.54, 1.807) is 0 Å². The molecule has 1 aromatic heterocycles. The number of hydrogen-bond acceptors (Lipinski definition) is 4. The number of carbonyl (C=O) groups excluding carboxylic acids is 1. The van der Waals surface area contributed by atoms with Crippen LogP contribution in [0.1, 0.15) is 22.3 Å². The Hall–Kier alpha value is -2.44. The molecule has 0 aliphatic heterocycles. The minimum absolute atomic E-state index is 0.0384. The summed E-state index contributed by atoms with van der Waals surface area (Å²) in [5.74, 6) is -0.681. The van der Waals surface area contributed by atoms with Crippen LogP contribution in [-0.2, 0) is 4.74 Å². The maximum Gasteiger partial charge on any atom is 0.339 e. The molecule has 0 fully saturated rings. The number of nitrogen functional groups attached to an aromatic ring is 1. The lowest BCUT2D eigenvalue weighted by Gasteiger charge is -2.11. The molecule has 0 unspecified atom stereocenters. The summed E-state index contributed by atoms with van der Waals surface area (Å²) in [6.07, 6.45) is -1.29. The second kappa shape index (κ2) is 5.05. The highest BCUT2D eigenvalue weighted by molar-refractivity contribution is 5.97. The summed E-state index contributed by atoms with van der Waals surface area (Å²) in [6, 6.07) is 3.88. The van der Waals surface area contributed by atoms with Crippen LogP contribution in [0.2, 0.25) is 0 Å². The van der Waals surface area contributed by atoms with Crippen molar-refractivity contribution in [2.75, 3.05) is 12.8 Å². The second-order valence-corrected chi connectivity index (χ2v) is 3.79. The van der Waals surface area contributed by atoms with Gasteiger partial charge in [-0.3, -0.25) is 5.10 Å². The Morgan fingerprint density at radius 3 is 2.74 bits per heavy atom. The average molecular weight is 267 g/mol. The van der Waals surface area contributed by atoms with Crippen LogP contribution in [0.4, 0.5) is 14.5 Å². The maximum atomic E-state index is 13.0. The molecule has 0 aliphatic carbocycles. The van der Waals surface area contributed by atoms with Gasteiger partial charge >= 0.3 is 5.97 Å². The number of halogens is 2. The van der Waals surface area contributed by atoms with Gasteiger partial charge in [0.25, 0.3) is 6.43 Å². The summed E-state index contributed by atoms with van der Waals surface area (Å²) >= 11 is 0. The van der Waals surface area contributed by atoms with Crippen molar-refractivity contribution in [2.45, 2.75) is 6.43 Å². The monoisotopic (exact) mass is 267 g/mol. The molecular weight excluding hydrogens is 256 g/mol. The summed E-state index contributed by atoms with van der Waals surface area (Å²) in [4.78, 5) is 11.5. The zero-order valence-electron chi connectivity index (χ0n) is 9.98. The lowest BCUT2D eigenvalue weighted by Crippen LogP contribution is -2.07. The number of hydrogen-bond donors (Lipinski definition) is 2. The van der Waals surface area contributed by atoms with Crippen LogP contribution < -0.4 is 5.73 Å². The van der Waals surface area contributed by atoms with Crippen molar-refractivity contribution in [3.63, 3.8) is 0 Å². The molecule has 2 rings (SSSR count). The van der Waals surface area contributed by atoms with Crippen molar-refractivity contribution < 1.29 is 18.3 Å². The Bertz CT molecular complexity index is 597. The first-order chi connectivity index (χ1) is 9.04. The first-order valence-electron chi connectivity index (χ1n) is 5.34. The van der Waals surface area contributed by atoms with E-state index in [1.165, 1.54) is 25.4 Å². The second-order valence-electron chi connectivity index (χ2n) is 3.79. The number of alkyl halides is 2. The van der Waals surface area contributed by atoms with Gasteiger partial charge in [-0.1, -0.05) is 0 Å². The Morgan fingerprint density at radius 2 is 2.21 bits per heavy atom. The predicted octanol–water partition coefficient (Wildman–Crippen LogP) is 2.38. The number of nitrogens with one attached hydrogen (secondary N) is 1. The number of benzene rings is 1. The van der Waals surface area contributed by atoms with E-state index in [0.29, 0.717) is 5.69 Å². The van der Waals surface area contributed by atoms with E-state index in [0.717, 1.165) is 6.07 Å². The van der Waals surface area contributed by atoms with Gasteiger partial charge in [-0.25, -0.2) is 13.6 Å². The van der Waals surface area contributed by atoms with Crippen LogP contribution in [0, 0.1) is 0 Å². The van der Waals surface area contributed by atoms with Gasteiger partial charge in [0.05, 0.1) is 18.4 Å². The van der Waals surface area contributed by atoms with Crippen molar-refractivity contribution in [3.8, 4) is 11.3 Å². The largest absolute Gasteiger partial charge is 0.465 e. The van der Waals surface area contributed by atoms with E-state index in [1.807, 2.05) is 0 Å². The first-order valence-corrected chi connectivity index (χ1v) is 5.34. The molecular formula is C12H11F2N3O2. The number of methoxy groups -OCH3 is 1. The number of aromatic amines is 1. The Labute approximate surface area is 107 Å². The molecule has 100 valence electrons. The number of anilines is 1. The fourth-order valence-electron chi connectivity index (χ4n) is 1.74. The summed E-state index contributed by atoms with van der Waals surface area (Å²) in [7, 11) is 1.19. The predicted molar refractivity (Wildman–Crippen MR) is 64.7 cm³/mol. The minimum Gasteiger partial charge on any atom is -0.465 e. The van der Waals surface area contributed by atoms with E-state index >= 15 is 0 Å². The average Bonchev–Trinajstić information content (AvgIpc) is 2.91. The highest BCUT2D eigenvalue weighted by Gasteiger charge is 2.20. The fourth-order valence-corrected chi connectivity index (χ4v) is 1.74. The van der Waals surface area contributed by atoms with Crippen molar-refractivity contribution in [3.05, 3.63) is 35.5 Å². The van der Waals surface area contributed by atoms with Gasteiger partial charge in [0.2, 0.25) is 0 Å². The van der Waals surface area contributed by atoms with Gasteiger partial charge in [0, 0.05) is 23.0 Å². The van der Waals surface area contributed by atoms with Gasteiger partial charge in [-0.2, -0.15) is 5.10 Å². The van der Waals surface area contributed by atoms with Crippen LogP contribution in [0.15, 0.2) is 24.4 Å². The molecule has 19 heavy (non-hydrogen) atoms. The lowest BCUT2D eigenvalue weighted by atomic mass is 10.00. The molecule has 1 heterocycles. The van der Waals surface area contributed by atoms with Crippen LogP contribution in [-0.4, -0.2) is 23.3 Å². The number of esters is 1. The Morgan fingerprint density at radius 1 is 1.47 bits per heavy atom. The molecule has 3 N–H and O–H groups in total. The van der Waals surface area contributed by atoms with Gasteiger partial charge < -0.3 is 10.5 Å². The summed E-state index contributed by atoms with van der Waals surface area (Å²) in [6.45, 7) is 0. The summed E-state index contributed by atoms with van der Waals surface area (Å²) in [5.41, 5.74) is 5.86. The maximum absolute atomic E-state index is 13.0. The summed E-state index contributed by atoms with van der Waals surface area (Å²) in [5, 5.41) is 6.27. The SMILES string of the molecule is COC(=O)c1cc(-c2ccn[nH]2)c(C(F)F)cc1N. The van der Waals surface area contributed by atoms with Gasteiger partial charge in [-0.15, -0.1) is 0 Å². The fraction of sp³-hybridized carbons (Fsp3) is 0.167. The van der Waals surface area contributed by atoms with Crippen molar-refractivity contribution in [1.82, 2.24) is 10.2 Å². The van der Waals surface area contributed by atoms with Gasteiger partial charge in [-0.05, 0) is 18.2 Å². The topological polar surface area (TPSA) is 81.0 Å². The summed E-state index contributed by atoms with van der Waals surface area (Å²) < 4.78 is 30.6. The molecule has 2 aromatic rings. The van der Waals surface area contributed by atoms with E-state index in [2.05, 4.69) is 14.9 Å². The zero-order chi connectivity index (χ0) is 14.0. The standard InChI is InChI=1S/C12H11F2N3O2/c1-19-12(18)8-4-6(10-2-3-16-17-10)7(11(13)14)5-9(8)15/h2-5,11H,15H2,1H3,(H,16,17). The molecule has 0 radical (unpaired) electrons. The third kappa shape index (κ3) is 2.40. The van der Waals surface area contributed by atoms with Crippen LogP contribution in [0.25, 0.3) is 11.3 Å². The number of nitrogens with zero attached hydrogens (tertiary/aromatic N) is 1. The third-order valence-electron chi connectivity index (χ3n) is 2.65. The van der Waals surface area contributed by atoms with Crippen molar-refractivity contribution >= 4 is 11.7 Å². The quantitative estimate of drug-likeness (QED) is 0.660. The highest BCUT2D eigenvalue weighted by Crippen LogP contribution is 2.33. The molecule has 1 aromatic carbocycles. The number of nitrogens with two attached hydrogens (primary N) is 1. The van der Waals surface area contributed by atoms with Crippen molar-refractivity contribution in [1.29, 1.82) is 0 Å².